The molecule has 0 amide bonds. The van der Waals surface area contributed by atoms with Crippen molar-refractivity contribution >= 4 is 28.6 Å². The van der Waals surface area contributed by atoms with Crippen LogP contribution in [-0.2, 0) is 5.41 Å². The van der Waals surface area contributed by atoms with Gasteiger partial charge in [0, 0.05) is 23.3 Å². The van der Waals surface area contributed by atoms with Crippen LogP contribution in [0.15, 0.2) is 133 Å². The average Bonchev–Trinajstić information content (AvgIpc) is 3.74. The third kappa shape index (κ3) is 3.38. The number of anilines is 2. The maximum Gasteiger partial charge on any atom is 0.0738 e. The van der Waals surface area contributed by atoms with Gasteiger partial charge < -0.3 is 4.90 Å². The van der Waals surface area contributed by atoms with Crippen molar-refractivity contribution in [1.82, 2.24) is 0 Å². The van der Waals surface area contributed by atoms with Crippen molar-refractivity contribution in [3.63, 3.8) is 0 Å². The van der Waals surface area contributed by atoms with Crippen molar-refractivity contribution in [2.75, 3.05) is 4.90 Å². The summed E-state index contributed by atoms with van der Waals surface area (Å²) >= 11 is 0. The minimum absolute atomic E-state index is 0.251. The maximum atomic E-state index is 2.73. The van der Waals surface area contributed by atoms with E-state index in [2.05, 4.69) is 144 Å². The van der Waals surface area contributed by atoms with Crippen LogP contribution in [0.5, 0.6) is 0 Å². The molecule has 6 aliphatic carbocycles. The Morgan fingerprint density at radius 2 is 1.08 bits per heavy atom. The molecule has 6 aromatic rings. The summed E-state index contributed by atoms with van der Waals surface area (Å²) in [6.45, 7) is 0. The second-order valence-corrected chi connectivity index (χ2v) is 15.3. The predicted octanol–water partition coefficient (Wildman–Crippen LogP) is 12.4. The van der Waals surface area contributed by atoms with Crippen molar-refractivity contribution in [1.29, 1.82) is 0 Å². The standard InChI is InChI=1S/C49H37N/c1-2-4-13-32(12-3-1)50(33-24-21-31(22-25-33)45-42-27-23-30-11-5-6-14-35(30)46(42)45)34-26-28-37-39-17-10-19-41-40-18-9-16-38-36-15-7-8-20-43(36)49(47(38)40,48(39)41)44(37)29-34/h5-11,14-29,32,42H,1-4,12-13H2. The van der Waals surface area contributed by atoms with Gasteiger partial charge in [-0.05, 0) is 121 Å². The van der Waals surface area contributed by atoms with Crippen molar-refractivity contribution in [2.45, 2.75) is 50.0 Å². The Hall–Kier alpha value is -5.40. The van der Waals surface area contributed by atoms with Crippen LogP contribution in [0.25, 0.3) is 50.6 Å². The topological polar surface area (TPSA) is 3.24 Å². The molecule has 1 heteroatoms. The molecule has 12 rings (SSSR count). The number of nitrogens with zero attached hydrogens (tertiary/aromatic N) is 1. The number of benzene rings is 6. The molecular weight excluding hydrogens is 603 g/mol. The Morgan fingerprint density at radius 3 is 1.82 bits per heavy atom. The van der Waals surface area contributed by atoms with Crippen LogP contribution in [0.4, 0.5) is 11.4 Å². The minimum Gasteiger partial charge on any atom is -0.338 e. The van der Waals surface area contributed by atoms with Gasteiger partial charge in [-0.15, -0.1) is 0 Å². The number of rotatable bonds is 4. The molecule has 0 aliphatic heterocycles. The monoisotopic (exact) mass is 639 g/mol. The SMILES string of the molecule is C1=CC2C(c3ccc(N(c4ccc5c(c4)C46c7ccccc7-c7cccc(c74)-c4cccc-5c46)C4CCCCCC4)cc3)=C2c2ccccc21. The maximum absolute atomic E-state index is 2.73. The number of fused-ring (bicyclic) bond motifs is 8. The second kappa shape index (κ2) is 9.86. The van der Waals surface area contributed by atoms with Gasteiger partial charge in [-0.2, -0.15) is 0 Å². The molecule has 0 aromatic heterocycles. The lowest BCUT2D eigenvalue weighted by molar-refractivity contribution is 0.569. The lowest BCUT2D eigenvalue weighted by Crippen LogP contribution is -2.31. The summed E-state index contributed by atoms with van der Waals surface area (Å²) in [5.74, 6) is 0.463. The zero-order valence-corrected chi connectivity index (χ0v) is 28.1. The third-order valence-electron chi connectivity index (χ3n) is 13.0. The number of allylic oxidation sites excluding steroid dienone is 3. The van der Waals surface area contributed by atoms with Gasteiger partial charge in [-0.3, -0.25) is 0 Å². The molecule has 1 saturated carbocycles. The van der Waals surface area contributed by atoms with E-state index in [0.29, 0.717) is 12.0 Å². The van der Waals surface area contributed by atoms with E-state index >= 15 is 0 Å². The Kier molecular flexibility index (Phi) is 5.41. The summed E-state index contributed by atoms with van der Waals surface area (Å²) in [6, 6.07) is 49.7. The highest BCUT2D eigenvalue weighted by atomic mass is 15.2. The van der Waals surface area contributed by atoms with Crippen molar-refractivity contribution in [3.8, 4) is 33.4 Å². The first-order valence-corrected chi connectivity index (χ1v) is 18.8. The van der Waals surface area contributed by atoms with Gasteiger partial charge in [0.15, 0.2) is 0 Å². The van der Waals surface area contributed by atoms with E-state index in [9.17, 15) is 0 Å². The molecule has 1 fully saturated rings. The zero-order valence-electron chi connectivity index (χ0n) is 28.1. The first-order chi connectivity index (χ1) is 24.8. The van der Waals surface area contributed by atoms with Crippen molar-refractivity contribution in [3.05, 3.63) is 172 Å². The largest absolute Gasteiger partial charge is 0.338 e. The summed E-state index contributed by atoms with van der Waals surface area (Å²) in [6.07, 6.45) is 12.5. The van der Waals surface area contributed by atoms with E-state index < -0.39 is 0 Å². The molecule has 0 radical (unpaired) electrons. The van der Waals surface area contributed by atoms with E-state index in [1.165, 1.54) is 133 Å². The summed E-state index contributed by atoms with van der Waals surface area (Å²) in [5.41, 5.74) is 23.9. The van der Waals surface area contributed by atoms with E-state index in [0.717, 1.165) is 0 Å². The number of hydrogen-bond donors (Lipinski definition) is 0. The highest BCUT2D eigenvalue weighted by Crippen LogP contribution is 2.70. The Bertz CT molecular complexity index is 2470. The van der Waals surface area contributed by atoms with Crippen molar-refractivity contribution in [2.24, 2.45) is 5.92 Å². The number of hydrogen-bond acceptors (Lipinski definition) is 1. The zero-order chi connectivity index (χ0) is 32.6. The smallest absolute Gasteiger partial charge is 0.0738 e. The fraction of sp³-hybridized carbons (Fsp3) is 0.184. The summed E-state index contributed by atoms with van der Waals surface area (Å²) < 4.78 is 0. The molecule has 1 nitrogen and oxygen atoms in total. The molecule has 2 atom stereocenters. The normalized spacial score (nSPS) is 21.2. The molecule has 6 aromatic carbocycles. The second-order valence-electron chi connectivity index (χ2n) is 15.3. The van der Waals surface area contributed by atoms with Gasteiger partial charge in [0.05, 0.1) is 5.41 Å². The highest BCUT2D eigenvalue weighted by molar-refractivity contribution is 6.15. The molecule has 50 heavy (non-hydrogen) atoms. The molecular formula is C49H37N. The van der Waals surface area contributed by atoms with Crippen LogP contribution < -0.4 is 4.90 Å². The van der Waals surface area contributed by atoms with E-state index in [-0.39, 0.29) is 5.41 Å². The van der Waals surface area contributed by atoms with E-state index in [1.807, 2.05) is 0 Å². The lowest BCUT2D eigenvalue weighted by atomic mass is 9.73. The predicted molar refractivity (Wildman–Crippen MR) is 208 cm³/mol. The first-order valence-electron chi connectivity index (χ1n) is 18.8. The molecule has 1 spiro atoms. The molecule has 2 unspecified atom stereocenters. The van der Waals surface area contributed by atoms with Crippen LogP contribution in [0, 0.1) is 5.92 Å². The van der Waals surface area contributed by atoms with Gasteiger partial charge in [-0.1, -0.05) is 141 Å². The fourth-order valence-electron chi connectivity index (χ4n) is 10.9. The van der Waals surface area contributed by atoms with Gasteiger partial charge >= 0.3 is 0 Å². The first kappa shape index (κ1) is 27.4. The van der Waals surface area contributed by atoms with Gasteiger partial charge in [0.2, 0.25) is 0 Å². The molecule has 0 saturated heterocycles. The molecule has 0 N–H and O–H groups in total. The van der Waals surface area contributed by atoms with E-state index in [4.69, 9.17) is 0 Å². The van der Waals surface area contributed by atoms with Crippen LogP contribution >= 0.6 is 0 Å². The minimum atomic E-state index is -0.251. The van der Waals surface area contributed by atoms with Crippen LogP contribution in [-0.4, -0.2) is 6.04 Å². The van der Waals surface area contributed by atoms with Crippen molar-refractivity contribution < 1.29 is 0 Å². The fourth-order valence-corrected chi connectivity index (χ4v) is 10.9. The Labute approximate surface area is 294 Å². The molecule has 6 aliphatic rings. The Morgan fingerprint density at radius 1 is 0.480 bits per heavy atom. The Balaban J connectivity index is 1.03. The van der Waals surface area contributed by atoms with Crippen LogP contribution in [0.1, 0.15) is 77.5 Å². The summed E-state index contributed by atoms with van der Waals surface area (Å²) in [4.78, 5) is 2.73. The molecule has 238 valence electrons. The average molecular weight is 640 g/mol. The van der Waals surface area contributed by atoms with Gasteiger partial charge in [-0.25, -0.2) is 0 Å². The highest BCUT2D eigenvalue weighted by Gasteiger charge is 2.57. The van der Waals surface area contributed by atoms with Gasteiger partial charge in [0.1, 0.15) is 0 Å². The third-order valence-corrected chi connectivity index (χ3v) is 13.0. The van der Waals surface area contributed by atoms with Crippen LogP contribution in [0.2, 0.25) is 0 Å². The molecule has 0 bridgehead atoms. The van der Waals surface area contributed by atoms with Gasteiger partial charge in [0.25, 0.3) is 0 Å². The quantitative estimate of drug-likeness (QED) is 0.173. The lowest BCUT2D eigenvalue weighted by Gasteiger charge is -2.35. The summed E-state index contributed by atoms with van der Waals surface area (Å²) in [5, 5.41) is 0. The van der Waals surface area contributed by atoms with Crippen LogP contribution in [0.3, 0.4) is 0 Å². The van der Waals surface area contributed by atoms with E-state index in [1.54, 1.807) is 0 Å². The summed E-state index contributed by atoms with van der Waals surface area (Å²) in [7, 11) is 0. The molecule has 0 heterocycles.